The molecular formula is C22H22N4O3. The van der Waals surface area contributed by atoms with E-state index >= 15 is 0 Å². The number of carbonyl (C=O) groups is 2. The second-order valence-electron chi connectivity index (χ2n) is 7.33. The van der Waals surface area contributed by atoms with Gasteiger partial charge in [-0.1, -0.05) is 44.2 Å². The first-order valence-electron chi connectivity index (χ1n) is 9.63. The van der Waals surface area contributed by atoms with Crippen LogP contribution in [0, 0.1) is 0 Å². The summed E-state index contributed by atoms with van der Waals surface area (Å²) in [5.74, 6) is 0.443. The number of hydrazone groups is 1. The molecular weight excluding hydrogens is 368 g/mol. The molecule has 1 aliphatic heterocycles. The van der Waals surface area contributed by atoms with Gasteiger partial charge in [-0.3, -0.25) is 9.59 Å². The molecule has 0 atom stereocenters. The summed E-state index contributed by atoms with van der Waals surface area (Å²) in [5.41, 5.74) is 3.28. The van der Waals surface area contributed by atoms with Gasteiger partial charge in [0.1, 0.15) is 11.2 Å². The lowest BCUT2D eigenvalue weighted by Crippen LogP contribution is -2.36. The van der Waals surface area contributed by atoms with Gasteiger partial charge < -0.3 is 9.73 Å². The predicted molar refractivity (Wildman–Crippen MR) is 110 cm³/mol. The standard InChI is InChI=1S/C22H22N4O3/c1-14(2)22-24-18-12-16(8-10-19(18)29-22)23-21(28)17-9-11-20(27)26(25-17)13-15-6-4-3-5-7-15/h3-8,10,12,14H,9,11,13H2,1-2H3,(H,23,28). The van der Waals surface area contributed by atoms with Gasteiger partial charge in [-0.15, -0.1) is 0 Å². The fraction of sp³-hybridized carbons (Fsp3) is 0.273. The SMILES string of the molecule is CC(C)c1nc2cc(NC(=O)C3=NN(Cc4ccccc4)C(=O)CC3)ccc2o1. The molecule has 1 aliphatic rings. The van der Waals surface area contributed by atoms with E-state index < -0.39 is 0 Å². The van der Waals surface area contributed by atoms with Gasteiger partial charge >= 0.3 is 0 Å². The maximum Gasteiger partial charge on any atom is 0.271 e. The number of oxazole rings is 1. The molecule has 7 nitrogen and oxygen atoms in total. The van der Waals surface area contributed by atoms with E-state index in [1.54, 1.807) is 18.2 Å². The van der Waals surface area contributed by atoms with Crippen LogP contribution >= 0.6 is 0 Å². The van der Waals surface area contributed by atoms with Gasteiger partial charge in [0.2, 0.25) is 5.91 Å². The molecule has 0 aliphatic carbocycles. The van der Waals surface area contributed by atoms with Crippen LogP contribution in [0.5, 0.6) is 0 Å². The summed E-state index contributed by atoms with van der Waals surface area (Å²) in [6.07, 6.45) is 0.582. The third kappa shape index (κ3) is 4.18. The van der Waals surface area contributed by atoms with Gasteiger partial charge in [-0.2, -0.15) is 5.10 Å². The molecule has 29 heavy (non-hydrogen) atoms. The largest absolute Gasteiger partial charge is 0.440 e. The zero-order valence-corrected chi connectivity index (χ0v) is 16.4. The average molecular weight is 390 g/mol. The van der Waals surface area contributed by atoms with E-state index in [0.29, 0.717) is 41.4 Å². The van der Waals surface area contributed by atoms with Crippen LogP contribution < -0.4 is 5.32 Å². The second kappa shape index (κ2) is 7.87. The molecule has 7 heteroatoms. The minimum Gasteiger partial charge on any atom is -0.440 e. The highest BCUT2D eigenvalue weighted by atomic mass is 16.3. The number of fused-ring (bicyclic) bond motifs is 1. The Balaban J connectivity index is 1.50. The van der Waals surface area contributed by atoms with Crippen molar-refractivity contribution in [1.82, 2.24) is 9.99 Å². The minimum atomic E-state index is -0.317. The third-order valence-corrected chi connectivity index (χ3v) is 4.70. The summed E-state index contributed by atoms with van der Waals surface area (Å²) in [4.78, 5) is 29.4. The van der Waals surface area contributed by atoms with Crippen molar-refractivity contribution in [3.05, 3.63) is 60.0 Å². The van der Waals surface area contributed by atoms with Crippen LogP contribution in [-0.2, 0) is 16.1 Å². The van der Waals surface area contributed by atoms with E-state index in [9.17, 15) is 9.59 Å². The first-order valence-corrected chi connectivity index (χ1v) is 9.63. The number of aromatic nitrogens is 1. The molecule has 0 spiro atoms. The zero-order chi connectivity index (χ0) is 20.4. The summed E-state index contributed by atoms with van der Waals surface area (Å²) in [7, 11) is 0. The number of hydrogen-bond donors (Lipinski definition) is 1. The molecule has 148 valence electrons. The van der Waals surface area contributed by atoms with E-state index in [1.807, 2.05) is 44.2 Å². The molecule has 4 rings (SSSR count). The minimum absolute atomic E-state index is 0.0874. The lowest BCUT2D eigenvalue weighted by Gasteiger charge is -2.23. The van der Waals surface area contributed by atoms with Crippen LogP contribution in [0.4, 0.5) is 5.69 Å². The fourth-order valence-electron chi connectivity index (χ4n) is 3.12. The number of nitrogens with zero attached hydrogens (tertiary/aromatic N) is 3. The van der Waals surface area contributed by atoms with Crippen LogP contribution in [0.25, 0.3) is 11.1 Å². The van der Waals surface area contributed by atoms with E-state index in [2.05, 4.69) is 15.4 Å². The van der Waals surface area contributed by atoms with E-state index in [1.165, 1.54) is 5.01 Å². The highest BCUT2D eigenvalue weighted by molar-refractivity contribution is 6.43. The average Bonchev–Trinajstić information content (AvgIpc) is 3.14. The monoisotopic (exact) mass is 390 g/mol. The molecule has 2 amide bonds. The Bertz CT molecular complexity index is 1090. The molecule has 0 radical (unpaired) electrons. The number of anilines is 1. The van der Waals surface area contributed by atoms with Crippen molar-refractivity contribution >= 4 is 34.3 Å². The Hall–Kier alpha value is -3.48. The van der Waals surface area contributed by atoms with Crippen LogP contribution in [0.1, 0.15) is 44.1 Å². The van der Waals surface area contributed by atoms with Crippen LogP contribution in [0.15, 0.2) is 58.0 Å². The molecule has 3 aromatic rings. The maximum absolute atomic E-state index is 12.7. The highest BCUT2D eigenvalue weighted by Gasteiger charge is 2.24. The maximum atomic E-state index is 12.7. The molecule has 0 bridgehead atoms. The Labute approximate surface area is 168 Å². The molecule has 1 N–H and O–H groups in total. The van der Waals surface area contributed by atoms with Crippen molar-refractivity contribution in [2.75, 3.05) is 5.32 Å². The summed E-state index contributed by atoms with van der Waals surface area (Å²) >= 11 is 0. The molecule has 2 aromatic carbocycles. The number of carbonyl (C=O) groups excluding carboxylic acids is 2. The van der Waals surface area contributed by atoms with Crippen LogP contribution in [0.3, 0.4) is 0 Å². The molecule has 1 aromatic heterocycles. The highest BCUT2D eigenvalue weighted by Crippen LogP contribution is 2.24. The van der Waals surface area contributed by atoms with Gasteiger partial charge in [-0.25, -0.2) is 9.99 Å². The number of nitrogens with one attached hydrogen (secondary N) is 1. The van der Waals surface area contributed by atoms with Crippen LogP contribution in [-0.4, -0.2) is 27.5 Å². The molecule has 0 unspecified atom stereocenters. The molecule has 0 saturated carbocycles. The summed E-state index contributed by atoms with van der Waals surface area (Å²) in [6.45, 7) is 4.37. The molecule has 0 fully saturated rings. The van der Waals surface area contributed by atoms with Crippen molar-refractivity contribution in [3.8, 4) is 0 Å². The summed E-state index contributed by atoms with van der Waals surface area (Å²) in [5, 5.41) is 8.51. The van der Waals surface area contributed by atoms with Crippen molar-refractivity contribution in [2.45, 2.75) is 39.2 Å². The number of amides is 2. The smallest absolute Gasteiger partial charge is 0.271 e. The van der Waals surface area contributed by atoms with E-state index in [0.717, 1.165) is 5.56 Å². The lowest BCUT2D eigenvalue weighted by atomic mass is 10.1. The molecule has 0 saturated heterocycles. The Kier molecular flexibility index (Phi) is 5.12. The van der Waals surface area contributed by atoms with Gasteiger partial charge in [-0.05, 0) is 23.8 Å². The van der Waals surface area contributed by atoms with Gasteiger partial charge in [0.25, 0.3) is 5.91 Å². The summed E-state index contributed by atoms with van der Waals surface area (Å²) in [6, 6.07) is 14.9. The quantitative estimate of drug-likeness (QED) is 0.711. The van der Waals surface area contributed by atoms with E-state index in [4.69, 9.17) is 4.42 Å². The van der Waals surface area contributed by atoms with Crippen molar-refractivity contribution in [2.24, 2.45) is 5.10 Å². The van der Waals surface area contributed by atoms with Crippen molar-refractivity contribution in [3.63, 3.8) is 0 Å². The Morgan fingerprint density at radius 2 is 1.97 bits per heavy atom. The number of benzene rings is 2. The number of rotatable bonds is 5. The first kappa shape index (κ1) is 18.9. The number of hydrogen-bond acceptors (Lipinski definition) is 5. The normalized spacial score (nSPS) is 14.4. The Morgan fingerprint density at radius 1 is 1.17 bits per heavy atom. The van der Waals surface area contributed by atoms with Crippen molar-refractivity contribution < 1.29 is 14.0 Å². The third-order valence-electron chi connectivity index (χ3n) is 4.70. The topological polar surface area (TPSA) is 87.8 Å². The van der Waals surface area contributed by atoms with Gasteiger partial charge in [0.15, 0.2) is 11.5 Å². The predicted octanol–water partition coefficient (Wildman–Crippen LogP) is 4.07. The molecule has 2 heterocycles. The zero-order valence-electron chi connectivity index (χ0n) is 16.4. The fourth-order valence-corrected chi connectivity index (χ4v) is 3.12. The Morgan fingerprint density at radius 3 is 2.72 bits per heavy atom. The second-order valence-corrected chi connectivity index (χ2v) is 7.33. The van der Waals surface area contributed by atoms with E-state index in [-0.39, 0.29) is 24.2 Å². The summed E-state index contributed by atoms with van der Waals surface area (Å²) < 4.78 is 5.70. The van der Waals surface area contributed by atoms with Crippen LogP contribution in [0.2, 0.25) is 0 Å². The van der Waals surface area contributed by atoms with Gasteiger partial charge in [0, 0.05) is 24.4 Å². The first-order chi connectivity index (χ1) is 14.0. The van der Waals surface area contributed by atoms with Crippen molar-refractivity contribution in [1.29, 1.82) is 0 Å². The lowest BCUT2D eigenvalue weighted by molar-refractivity contribution is -0.132. The van der Waals surface area contributed by atoms with Gasteiger partial charge in [0.05, 0.1) is 6.54 Å².